The summed E-state index contributed by atoms with van der Waals surface area (Å²) in [5.41, 5.74) is 0. The van der Waals surface area contributed by atoms with Crippen molar-refractivity contribution >= 4 is 11.8 Å². The molecule has 0 radical (unpaired) electrons. The third kappa shape index (κ3) is 1.89. The lowest BCUT2D eigenvalue weighted by Crippen LogP contribution is -2.32. The number of carbonyl (C=O) groups excluding carboxylic acids is 2. The molecule has 0 spiro atoms. The average Bonchev–Trinajstić information content (AvgIpc) is 2.55. The molecular formula is C12H17NO3. The van der Waals surface area contributed by atoms with E-state index in [0.29, 0.717) is 32.2 Å². The number of aliphatic hydroxyl groups is 1. The van der Waals surface area contributed by atoms with Gasteiger partial charge in [-0.25, -0.2) is 0 Å². The summed E-state index contributed by atoms with van der Waals surface area (Å²) in [7, 11) is 0. The van der Waals surface area contributed by atoms with Gasteiger partial charge in [-0.15, -0.1) is 0 Å². The predicted molar refractivity (Wildman–Crippen MR) is 58.4 cm³/mol. The number of amides is 2. The normalized spacial score (nSPS) is 28.7. The Labute approximate surface area is 94.9 Å². The van der Waals surface area contributed by atoms with Crippen LogP contribution >= 0.6 is 0 Å². The topological polar surface area (TPSA) is 57.6 Å². The van der Waals surface area contributed by atoms with E-state index in [9.17, 15) is 9.59 Å². The molecule has 2 atom stereocenters. The van der Waals surface area contributed by atoms with E-state index in [2.05, 4.69) is 0 Å². The van der Waals surface area contributed by atoms with E-state index in [-0.39, 0.29) is 30.3 Å². The Morgan fingerprint density at radius 2 is 1.69 bits per heavy atom. The maximum absolute atomic E-state index is 12.0. The summed E-state index contributed by atoms with van der Waals surface area (Å²) in [5.74, 6) is -0.271. The van der Waals surface area contributed by atoms with Gasteiger partial charge in [-0.1, -0.05) is 12.2 Å². The van der Waals surface area contributed by atoms with Crippen LogP contribution in [-0.4, -0.2) is 35.0 Å². The van der Waals surface area contributed by atoms with Gasteiger partial charge < -0.3 is 5.11 Å². The minimum absolute atomic E-state index is 0.0164. The number of carbonyl (C=O) groups is 2. The van der Waals surface area contributed by atoms with Gasteiger partial charge in [-0.2, -0.15) is 0 Å². The van der Waals surface area contributed by atoms with Crippen LogP contribution in [-0.2, 0) is 9.59 Å². The first-order valence-corrected chi connectivity index (χ1v) is 5.86. The van der Waals surface area contributed by atoms with E-state index in [1.165, 1.54) is 4.90 Å². The second-order valence-electron chi connectivity index (χ2n) is 4.41. The molecule has 1 aliphatic heterocycles. The van der Waals surface area contributed by atoms with Crippen LogP contribution in [0.3, 0.4) is 0 Å². The van der Waals surface area contributed by atoms with Crippen molar-refractivity contribution in [3.8, 4) is 0 Å². The highest BCUT2D eigenvalue weighted by molar-refractivity contribution is 6.05. The monoisotopic (exact) mass is 223 g/mol. The first kappa shape index (κ1) is 11.3. The van der Waals surface area contributed by atoms with E-state index in [4.69, 9.17) is 5.11 Å². The number of likely N-dealkylation sites (tertiary alicyclic amines) is 1. The van der Waals surface area contributed by atoms with Crippen LogP contribution < -0.4 is 0 Å². The molecule has 0 bridgehead atoms. The van der Waals surface area contributed by atoms with Crippen LogP contribution in [0.25, 0.3) is 0 Å². The van der Waals surface area contributed by atoms with Gasteiger partial charge in [0.1, 0.15) is 0 Å². The van der Waals surface area contributed by atoms with Gasteiger partial charge in [0.2, 0.25) is 11.8 Å². The predicted octanol–water partition coefficient (Wildman–Crippen LogP) is 0.710. The van der Waals surface area contributed by atoms with E-state index in [1.54, 1.807) is 0 Å². The highest BCUT2D eigenvalue weighted by Gasteiger charge is 2.46. The number of fused-ring (bicyclic) bond motifs is 1. The van der Waals surface area contributed by atoms with Gasteiger partial charge >= 0.3 is 0 Å². The van der Waals surface area contributed by atoms with Crippen molar-refractivity contribution in [3.05, 3.63) is 12.2 Å². The molecule has 0 aromatic rings. The van der Waals surface area contributed by atoms with Crippen molar-refractivity contribution in [3.63, 3.8) is 0 Å². The number of imide groups is 1. The molecule has 1 saturated heterocycles. The molecule has 4 heteroatoms. The molecule has 16 heavy (non-hydrogen) atoms. The quantitative estimate of drug-likeness (QED) is 0.434. The molecule has 1 N–H and O–H groups in total. The van der Waals surface area contributed by atoms with Crippen molar-refractivity contribution < 1.29 is 14.7 Å². The van der Waals surface area contributed by atoms with Crippen LogP contribution in [0.4, 0.5) is 0 Å². The van der Waals surface area contributed by atoms with Crippen molar-refractivity contribution in [2.45, 2.75) is 25.7 Å². The summed E-state index contributed by atoms with van der Waals surface area (Å²) in [5, 5.41) is 8.68. The maximum Gasteiger partial charge on any atom is 0.233 e. The van der Waals surface area contributed by atoms with E-state index < -0.39 is 0 Å². The third-order valence-corrected chi connectivity index (χ3v) is 3.39. The molecule has 0 saturated carbocycles. The third-order valence-electron chi connectivity index (χ3n) is 3.39. The van der Waals surface area contributed by atoms with E-state index >= 15 is 0 Å². The van der Waals surface area contributed by atoms with Gasteiger partial charge in [0, 0.05) is 13.2 Å². The molecule has 2 rings (SSSR count). The Morgan fingerprint density at radius 3 is 2.19 bits per heavy atom. The molecule has 1 heterocycles. The molecule has 88 valence electrons. The zero-order chi connectivity index (χ0) is 11.5. The van der Waals surface area contributed by atoms with Crippen LogP contribution in [0.2, 0.25) is 0 Å². The molecule has 4 nitrogen and oxygen atoms in total. The lowest BCUT2D eigenvalue weighted by atomic mass is 9.85. The van der Waals surface area contributed by atoms with Gasteiger partial charge in [-0.05, 0) is 25.7 Å². The number of unbranched alkanes of at least 4 members (excludes halogenated alkanes) is 1. The number of rotatable bonds is 4. The molecule has 1 fully saturated rings. The molecule has 0 aromatic carbocycles. The lowest BCUT2D eigenvalue weighted by molar-refractivity contribution is -0.139. The number of nitrogens with zero attached hydrogens (tertiary/aromatic N) is 1. The van der Waals surface area contributed by atoms with Crippen LogP contribution in [0.5, 0.6) is 0 Å². The minimum atomic E-state index is -0.119. The van der Waals surface area contributed by atoms with Gasteiger partial charge in [0.15, 0.2) is 0 Å². The van der Waals surface area contributed by atoms with Gasteiger partial charge in [0.05, 0.1) is 11.8 Å². The molecule has 2 amide bonds. The summed E-state index contributed by atoms with van der Waals surface area (Å²) in [6.07, 6.45) is 6.72. The number of hydrogen-bond acceptors (Lipinski definition) is 3. The minimum Gasteiger partial charge on any atom is -0.396 e. The van der Waals surface area contributed by atoms with Crippen LogP contribution in [0, 0.1) is 11.8 Å². The Balaban J connectivity index is 2.00. The maximum atomic E-state index is 12.0. The molecule has 0 aromatic heterocycles. The molecule has 1 aliphatic carbocycles. The standard InChI is InChI=1S/C12H17NO3/c14-8-4-3-7-13-11(15)9-5-1-2-6-10(9)12(13)16/h1-2,9-10,14H,3-8H2/t9-,10+. The Bertz CT molecular complexity index is 298. The molecular weight excluding hydrogens is 206 g/mol. The Hall–Kier alpha value is -1.16. The van der Waals surface area contributed by atoms with Crippen molar-refractivity contribution in [2.75, 3.05) is 13.2 Å². The lowest BCUT2D eigenvalue weighted by Gasteiger charge is -2.14. The molecule has 0 unspecified atom stereocenters. The number of hydrogen-bond donors (Lipinski definition) is 1. The largest absolute Gasteiger partial charge is 0.396 e. The van der Waals surface area contributed by atoms with Crippen molar-refractivity contribution in [2.24, 2.45) is 11.8 Å². The highest BCUT2D eigenvalue weighted by atomic mass is 16.3. The summed E-state index contributed by atoms with van der Waals surface area (Å²) in [4.78, 5) is 25.3. The smallest absolute Gasteiger partial charge is 0.233 e. The van der Waals surface area contributed by atoms with Crippen molar-refractivity contribution in [1.29, 1.82) is 0 Å². The van der Waals surface area contributed by atoms with Crippen LogP contribution in [0.15, 0.2) is 12.2 Å². The zero-order valence-corrected chi connectivity index (χ0v) is 9.26. The van der Waals surface area contributed by atoms with Gasteiger partial charge in [0.25, 0.3) is 0 Å². The Morgan fingerprint density at radius 1 is 1.12 bits per heavy atom. The molecule has 2 aliphatic rings. The summed E-state index contributed by atoms with van der Waals surface area (Å²) >= 11 is 0. The van der Waals surface area contributed by atoms with E-state index in [0.717, 1.165) is 0 Å². The van der Waals surface area contributed by atoms with Crippen molar-refractivity contribution in [1.82, 2.24) is 4.90 Å². The summed E-state index contributed by atoms with van der Waals surface area (Å²) in [6.45, 7) is 0.579. The zero-order valence-electron chi connectivity index (χ0n) is 9.26. The summed E-state index contributed by atoms with van der Waals surface area (Å²) < 4.78 is 0. The summed E-state index contributed by atoms with van der Waals surface area (Å²) in [6, 6.07) is 0. The first-order chi connectivity index (χ1) is 7.75. The highest BCUT2D eigenvalue weighted by Crippen LogP contribution is 2.34. The fraction of sp³-hybridized carbons (Fsp3) is 0.667. The first-order valence-electron chi connectivity index (χ1n) is 5.86. The fourth-order valence-electron chi connectivity index (χ4n) is 2.47. The number of aliphatic hydroxyl groups excluding tert-OH is 1. The second-order valence-corrected chi connectivity index (χ2v) is 4.41. The fourth-order valence-corrected chi connectivity index (χ4v) is 2.47. The van der Waals surface area contributed by atoms with E-state index in [1.807, 2.05) is 12.2 Å². The van der Waals surface area contributed by atoms with Crippen LogP contribution in [0.1, 0.15) is 25.7 Å². The number of allylic oxidation sites excluding steroid dienone is 2. The Kier molecular flexibility index (Phi) is 3.39. The van der Waals surface area contributed by atoms with Gasteiger partial charge in [-0.3, -0.25) is 14.5 Å². The average molecular weight is 223 g/mol. The second kappa shape index (κ2) is 4.78. The SMILES string of the molecule is O=C1[C@H]2CC=CC[C@H]2C(=O)N1CCCCO.